The van der Waals surface area contributed by atoms with Gasteiger partial charge in [-0.25, -0.2) is 5.43 Å². The van der Waals surface area contributed by atoms with Crippen molar-refractivity contribution >= 4 is 33.7 Å². The highest BCUT2D eigenvalue weighted by Crippen LogP contribution is 2.17. The van der Waals surface area contributed by atoms with E-state index < -0.39 is 10.8 Å². The quantitative estimate of drug-likeness (QED) is 0.499. The maximum absolute atomic E-state index is 11.8. The fraction of sp³-hybridized carbons (Fsp3) is 0.0833. The second-order valence-electron chi connectivity index (χ2n) is 4.06. The third-order valence-corrected chi connectivity index (χ3v) is 3.54. The highest BCUT2D eigenvalue weighted by atomic mass is 79.9. The van der Waals surface area contributed by atoms with E-state index in [1.165, 1.54) is 30.5 Å². The van der Waals surface area contributed by atoms with Gasteiger partial charge >= 0.3 is 0 Å². The molecule has 0 atom stereocenters. The molecule has 0 aliphatic rings. The fourth-order valence-electron chi connectivity index (χ4n) is 1.47. The van der Waals surface area contributed by atoms with Gasteiger partial charge in [0.05, 0.1) is 15.6 Å². The molecule has 0 fully saturated rings. The number of rotatable bonds is 4. The maximum Gasteiger partial charge on any atom is 0.293 e. The van der Waals surface area contributed by atoms with E-state index in [1.54, 1.807) is 6.92 Å². The van der Waals surface area contributed by atoms with Crippen molar-refractivity contribution in [1.82, 2.24) is 15.6 Å². The number of carbonyl (C=O) groups excluding carboxylic acids is 1. The lowest BCUT2D eigenvalue weighted by Crippen LogP contribution is -2.18. The van der Waals surface area contributed by atoms with Gasteiger partial charge in [-0.3, -0.25) is 20.0 Å². The minimum Gasteiger partial charge on any atom is -0.281 e. The number of aryl methyl sites for hydroxylation is 1. The second kappa shape index (κ2) is 6.27. The van der Waals surface area contributed by atoms with E-state index in [1.807, 2.05) is 0 Å². The van der Waals surface area contributed by atoms with Crippen LogP contribution in [0.4, 0.5) is 5.69 Å². The number of nitro groups is 1. The third-order valence-electron chi connectivity index (χ3n) is 2.57. The van der Waals surface area contributed by atoms with Crippen LogP contribution in [-0.4, -0.2) is 27.2 Å². The van der Waals surface area contributed by atoms with Crippen LogP contribution in [-0.2, 0) is 0 Å². The lowest BCUT2D eigenvalue weighted by atomic mass is 10.2. The molecule has 0 saturated carbocycles. The molecule has 0 bridgehead atoms. The molecular weight excluding hydrogens is 342 g/mol. The zero-order valence-electron chi connectivity index (χ0n) is 10.8. The number of aromatic amines is 1. The van der Waals surface area contributed by atoms with Gasteiger partial charge < -0.3 is 0 Å². The Labute approximate surface area is 127 Å². The molecule has 1 aromatic carbocycles. The summed E-state index contributed by atoms with van der Waals surface area (Å²) in [5.41, 5.74) is 3.88. The molecule has 0 unspecified atom stereocenters. The topological polar surface area (TPSA) is 113 Å². The van der Waals surface area contributed by atoms with E-state index in [4.69, 9.17) is 0 Å². The van der Waals surface area contributed by atoms with Gasteiger partial charge in [0.25, 0.3) is 11.6 Å². The molecule has 1 aromatic heterocycles. The lowest BCUT2D eigenvalue weighted by Gasteiger charge is -1.97. The summed E-state index contributed by atoms with van der Waals surface area (Å²) in [6, 6.07) is 5.78. The lowest BCUT2D eigenvalue weighted by molar-refractivity contribution is -0.384. The molecule has 0 aliphatic heterocycles. The molecule has 108 valence electrons. The number of hydrazone groups is 1. The van der Waals surface area contributed by atoms with Crippen LogP contribution < -0.4 is 5.43 Å². The Balaban J connectivity index is 2.00. The first kappa shape index (κ1) is 14.9. The van der Waals surface area contributed by atoms with Crippen LogP contribution in [0.25, 0.3) is 0 Å². The van der Waals surface area contributed by atoms with E-state index in [0.29, 0.717) is 10.0 Å². The average Bonchev–Trinajstić information content (AvgIpc) is 2.79. The standard InChI is InChI=1S/C12H10BrN5O3/c1-7-10(13)11(16-15-7)12(19)17-14-6-8-2-4-9(5-3-8)18(20)21/h2-6H,1H3,(H,15,16)(H,17,19)/b14-6+. The fourth-order valence-corrected chi connectivity index (χ4v) is 1.82. The van der Waals surface area contributed by atoms with Crippen LogP contribution in [0.2, 0.25) is 0 Å². The summed E-state index contributed by atoms with van der Waals surface area (Å²) < 4.78 is 0.575. The Morgan fingerprint density at radius 2 is 2.14 bits per heavy atom. The van der Waals surface area contributed by atoms with Crippen molar-refractivity contribution in [2.45, 2.75) is 6.92 Å². The molecule has 2 rings (SSSR count). The number of nitro benzene ring substituents is 1. The number of H-pyrrole nitrogens is 1. The summed E-state index contributed by atoms with van der Waals surface area (Å²) in [6.45, 7) is 1.77. The molecule has 8 nitrogen and oxygen atoms in total. The Bertz CT molecular complexity index is 708. The van der Waals surface area contributed by atoms with Crippen molar-refractivity contribution in [3.63, 3.8) is 0 Å². The number of nitrogens with one attached hydrogen (secondary N) is 2. The minimum absolute atomic E-state index is 0.00730. The second-order valence-corrected chi connectivity index (χ2v) is 4.85. The molecule has 1 heterocycles. The summed E-state index contributed by atoms with van der Waals surface area (Å²) in [5.74, 6) is -0.468. The van der Waals surface area contributed by atoms with Crippen LogP contribution in [0.5, 0.6) is 0 Å². The van der Waals surface area contributed by atoms with Gasteiger partial charge in [-0.2, -0.15) is 10.2 Å². The van der Waals surface area contributed by atoms with Gasteiger partial charge in [0.2, 0.25) is 0 Å². The molecule has 2 N–H and O–H groups in total. The number of carbonyl (C=O) groups is 1. The largest absolute Gasteiger partial charge is 0.293 e. The number of benzene rings is 1. The van der Waals surface area contributed by atoms with Gasteiger partial charge in [-0.15, -0.1) is 0 Å². The Morgan fingerprint density at radius 3 is 2.67 bits per heavy atom. The van der Waals surface area contributed by atoms with Crippen molar-refractivity contribution in [3.8, 4) is 0 Å². The van der Waals surface area contributed by atoms with Gasteiger partial charge in [-0.05, 0) is 40.5 Å². The summed E-state index contributed by atoms with van der Waals surface area (Å²) in [7, 11) is 0. The number of hydrogen-bond donors (Lipinski definition) is 2. The zero-order valence-corrected chi connectivity index (χ0v) is 12.4. The van der Waals surface area contributed by atoms with E-state index in [2.05, 4.69) is 36.7 Å². The van der Waals surface area contributed by atoms with Crippen LogP contribution in [0.3, 0.4) is 0 Å². The van der Waals surface area contributed by atoms with Crippen molar-refractivity contribution in [2.24, 2.45) is 5.10 Å². The van der Waals surface area contributed by atoms with Crippen LogP contribution in [0.1, 0.15) is 21.7 Å². The molecule has 0 saturated heterocycles. The predicted molar refractivity (Wildman–Crippen MR) is 79.2 cm³/mol. The summed E-state index contributed by atoms with van der Waals surface area (Å²) >= 11 is 3.24. The maximum atomic E-state index is 11.8. The number of non-ortho nitro benzene ring substituents is 1. The number of aromatic nitrogens is 2. The van der Waals surface area contributed by atoms with Crippen LogP contribution >= 0.6 is 15.9 Å². The first-order chi connectivity index (χ1) is 9.99. The van der Waals surface area contributed by atoms with Crippen molar-refractivity contribution in [2.75, 3.05) is 0 Å². The monoisotopic (exact) mass is 351 g/mol. The van der Waals surface area contributed by atoms with Crippen molar-refractivity contribution < 1.29 is 9.72 Å². The highest BCUT2D eigenvalue weighted by molar-refractivity contribution is 9.10. The van der Waals surface area contributed by atoms with Crippen LogP contribution in [0.15, 0.2) is 33.8 Å². The number of nitrogens with zero attached hydrogens (tertiary/aromatic N) is 3. The third kappa shape index (κ3) is 3.51. The van der Waals surface area contributed by atoms with Gasteiger partial charge in [0, 0.05) is 17.8 Å². The highest BCUT2D eigenvalue weighted by Gasteiger charge is 2.14. The molecular formula is C12H10BrN5O3. The van der Waals surface area contributed by atoms with Crippen molar-refractivity contribution in [1.29, 1.82) is 0 Å². The normalized spacial score (nSPS) is 10.8. The Hall–Kier alpha value is -2.55. The number of hydrogen-bond acceptors (Lipinski definition) is 5. The summed E-state index contributed by atoms with van der Waals surface area (Å²) in [5, 5.41) is 20.8. The minimum atomic E-state index is -0.486. The van der Waals surface area contributed by atoms with Gasteiger partial charge in [0.15, 0.2) is 5.69 Å². The molecule has 2 aromatic rings. The Morgan fingerprint density at radius 1 is 1.48 bits per heavy atom. The molecule has 0 aliphatic carbocycles. The van der Waals surface area contributed by atoms with Crippen molar-refractivity contribution in [3.05, 3.63) is 55.8 Å². The Kier molecular flexibility index (Phi) is 4.43. The smallest absolute Gasteiger partial charge is 0.281 e. The number of halogens is 1. The van der Waals surface area contributed by atoms with Gasteiger partial charge in [0.1, 0.15) is 0 Å². The molecule has 21 heavy (non-hydrogen) atoms. The van der Waals surface area contributed by atoms with Gasteiger partial charge in [-0.1, -0.05) is 0 Å². The SMILES string of the molecule is Cc1[nH]nc(C(=O)N/N=C/c2ccc([N+](=O)[O-])cc2)c1Br. The van der Waals surface area contributed by atoms with E-state index in [-0.39, 0.29) is 11.4 Å². The molecule has 9 heteroatoms. The van der Waals surface area contributed by atoms with E-state index in [9.17, 15) is 14.9 Å². The predicted octanol–water partition coefficient (Wildman–Crippen LogP) is 2.15. The summed E-state index contributed by atoms with van der Waals surface area (Å²) in [4.78, 5) is 21.8. The molecule has 0 radical (unpaired) electrons. The first-order valence-electron chi connectivity index (χ1n) is 5.77. The van der Waals surface area contributed by atoms with E-state index >= 15 is 0 Å². The zero-order chi connectivity index (χ0) is 15.4. The first-order valence-corrected chi connectivity index (χ1v) is 6.56. The summed E-state index contributed by atoms with van der Waals surface area (Å²) in [6.07, 6.45) is 1.38. The molecule has 0 spiro atoms. The number of amides is 1. The van der Waals surface area contributed by atoms with Crippen LogP contribution in [0, 0.1) is 17.0 Å². The average molecular weight is 352 g/mol. The molecule has 1 amide bonds. The van der Waals surface area contributed by atoms with E-state index in [0.717, 1.165) is 5.69 Å².